The third-order valence-corrected chi connectivity index (χ3v) is 4.23. The summed E-state index contributed by atoms with van der Waals surface area (Å²) in [4.78, 5) is 16.7. The highest BCUT2D eigenvalue weighted by Gasteiger charge is 2.28. The first-order chi connectivity index (χ1) is 10.8. The van der Waals surface area contributed by atoms with Gasteiger partial charge in [0, 0.05) is 31.0 Å². The third-order valence-electron chi connectivity index (χ3n) is 4.23. The molecule has 0 aromatic heterocycles. The molecule has 0 saturated carbocycles. The van der Waals surface area contributed by atoms with Crippen molar-refractivity contribution in [1.82, 2.24) is 4.90 Å². The second-order valence-corrected chi connectivity index (χ2v) is 5.71. The number of fused-ring (bicyclic) bond motifs is 1. The van der Waals surface area contributed by atoms with Gasteiger partial charge < -0.3 is 4.90 Å². The van der Waals surface area contributed by atoms with Crippen molar-refractivity contribution < 1.29 is 4.79 Å². The molecule has 0 spiro atoms. The highest BCUT2D eigenvalue weighted by atomic mass is 16.2. The Kier molecular flexibility index (Phi) is 4.26. The van der Waals surface area contributed by atoms with Gasteiger partial charge >= 0.3 is 0 Å². The highest BCUT2D eigenvalue weighted by Crippen LogP contribution is 2.22. The minimum atomic E-state index is 0.163. The van der Waals surface area contributed by atoms with Crippen LogP contribution in [0.2, 0.25) is 0 Å². The maximum absolute atomic E-state index is 12.0. The molecule has 22 heavy (non-hydrogen) atoms. The van der Waals surface area contributed by atoms with E-state index in [2.05, 4.69) is 40.4 Å². The Morgan fingerprint density at radius 1 is 1.23 bits per heavy atom. The zero-order chi connectivity index (χ0) is 15.4. The van der Waals surface area contributed by atoms with Crippen LogP contribution in [-0.2, 0) is 11.2 Å². The standard InChI is InChI=1S/C17H18N4O/c18-20-19-11-13-10-17(22)21(12-13)9-8-15-6-3-5-14-4-1-2-7-16(14)15/h1-7,13H,8-12H2. The average Bonchev–Trinajstić information content (AvgIpc) is 2.91. The first kappa shape index (κ1) is 14.4. The van der Waals surface area contributed by atoms with Crippen molar-refractivity contribution >= 4 is 16.7 Å². The minimum Gasteiger partial charge on any atom is -0.342 e. The van der Waals surface area contributed by atoms with E-state index in [0.717, 1.165) is 13.0 Å². The van der Waals surface area contributed by atoms with Gasteiger partial charge in [0.15, 0.2) is 0 Å². The summed E-state index contributed by atoms with van der Waals surface area (Å²) >= 11 is 0. The number of rotatable bonds is 5. The number of nitrogens with zero attached hydrogens (tertiary/aromatic N) is 4. The minimum absolute atomic E-state index is 0.163. The first-order valence-electron chi connectivity index (χ1n) is 7.53. The van der Waals surface area contributed by atoms with E-state index < -0.39 is 0 Å². The molecule has 0 radical (unpaired) electrons. The maximum Gasteiger partial charge on any atom is 0.222 e. The van der Waals surface area contributed by atoms with Crippen molar-refractivity contribution in [1.29, 1.82) is 0 Å². The molecular formula is C17H18N4O. The van der Waals surface area contributed by atoms with Gasteiger partial charge in [-0.15, -0.1) is 0 Å². The average molecular weight is 294 g/mol. The van der Waals surface area contributed by atoms with E-state index in [1.165, 1.54) is 16.3 Å². The molecule has 2 aromatic carbocycles. The van der Waals surface area contributed by atoms with Crippen LogP contribution < -0.4 is 0 Å². The number of carbonyl (C=O) groups excluding carboxylic acids is 1. The van der Waals surface area contributed by atoms with Crippen LogP contribution in [0.25, 0.3) is 21.2 Å². The van der Waals surface area contributed by atoms with Crippen LogP contribution in [-0.4, -0.2) is 30.4 Å². The summed E-state index contributed by atoms with van der Waals surface area (Å²) in [6.07, 6.45) is 1.34. The van der Waals surface area contributed by atoms with E-state index in [0.29, 0.717) is 19.5 Å². The quantitative estimate of drug-likeness (QED) is 0.472. The Labute approximate surface area is 129 Å². The number of carbonyl (C=O) groups is 1. The molecule has 1 fully saturated rings. The summed E-state index contributed by atoms with van der Waals surface area (Å²) in [5.41, 5.74) is 9.64. The molecule has 0 aliphatic carbocycles. The molecule has 1 heterocycles. The van der Waals surface area contributed by atoms with Crippen molar-refractivity contribution in [2.45, 2.75) is 12.8 Å². The fourth-order valence-electron chi connectivity index (χ4n) is 3.11. The second kappa shape index (κ2) is 6.50. The lowest BCUT2D eigenvalue weighted by Gasteiger charge is -2.17. The number of amides is 1. The van der Waals surface area contributed by atoms with Gasteiger partial charge in [0.2, 0.25) is 5.91 Å². The number of hydrogen-bond donors (Lipinski definition) is 0. The predicted octanol–water partition coefficient (Wildman–Crippen LogP) is 3.54. The van der Waals surface area contributed by atoms with Crippen molar-refractivity contribution in [3.8, 4) is 0 Å². The van der Waals surface area contributed by atoms with Crippen molar-refractivity contribution in [3.05, 3.63) is 58.5 Å². The lowest BCUT2D eigenvalue weighted by atomic mass is 10.0. The molecule has 0 bridgehead atoms. The summed E-state index contributed by atoms with van der Waals surface area (Å²) in [7, 11) is 0. The van der Waals surface area contributed by atoms with Crippen molar-refractivity contribution in [2.75, 3.05) is 19.6 Å². The fraction of sp³-hybridized carbons (Fsp3) is 0.353. The molecule has 5 heteroatoms. The van der Waals surface area contributed by atoms with Crippen molar-refractivity contribution in [3.63, 3.8) is 0 Å². The van der Waals surface area contributed by atoms with Crippen LogP contribution in [0.15, 0.2) is 47.6 Å². The van der Waals surface area contributed by atoms with Crippen LogP contribution in [0, 0.1) is 5.92 Å². The van der Waals surface area contributed by atoms with E-state index in [9.17, 15) is 4.79 Å². The van der Waals surface area contributed by atoms with E-state index >= 15 is 0 Å². The molecular weight excluding hydrogens is 276 g/mol. The molecule has 1 atom stereocenters. The number of benzene rings is 2. The summed E-state index contributed by atoms with van der Waals surface area (Å²) in [5.74, 6) is 0.328. The maximum atomic E-state index is 12.0. The van der Waals surface area contributed by atoms with Crippen LogP contribution in [0.1, 0.15) is 12.0 Å². The van der Waals surface area contributed by atoms with E-state index in [-0.39, 0.29) is 11.8 Å². The number of hydrogen-bond acceptors (Lipinski definition) is 2. The van der Waals surface area contributed by atoms with E-state index in [1.807, 2.05) is 17.0 Å². The molecule has 112 valence electrons. The molecule has 1 aliphatic rings. The van der Waals surface area contributed by atoms with Gasteiger partial charge in [0.1, 0.15) is 0 Å². The van der Waals surface area contributed by atoms with Crippen LogP contribution in [0.3, 0.4) is 0 Å². The van der Waals surface area contributed by atoms with Crippen LogP contribution >= 0.6 is 0 Å². The van der Waals surface area contributed by atoms with Crippen LogP contribution in [0.4, 0.5) is 0 Å². The molecule has 1 unspecified atom stereocenters. The molecule has 1 aliphatic heterocycles. The van der Waals surface area contributed by atoms with Gasteiger partial charge in [0.25, 0.3) is 0 Å². The van der Waals surface area contributed by atoms with E-state index in [4.69, 9.17) is 5.53 Å². The molecule has 0 N–H and O–H groups in total. The van der Waals surface area contributed by atoms with Crippen molar-refractivity contribution in [2.24, 2.45) is 11.0 Å². The second-order valence-electron chi connectivity index (χ2n) is 5.71. The van der Waals surface area contributed by atoms with Gasteiger partial charge in [-0.25, -0.2) is 0 Å². The lowest BCUT2D eigenvalue weighted by Crippen LogP contribution is -2.27. The third kappa shape index (κ3) is 3.05. The smallest absolute Gasteiger partial charge is 0.222 e. The van der Waals surface area contributed by atoms with Crippen LogP contribution in [0.5, 0.6) is 0 Å². The lowest BCUT2D eigenvalue weighted by molar-refractivity contribution is -0.127. The molecule has 5 nitrogen and oxygen atoms in total. The Balaban J connectivity index is 1.67. The zero-order valence-electron chi connectivity index (χ0n) is 12.4. The molecule has 2 aromatic rings. The first-order valence-corrected chi connectivity index (χ1v) is 7.53. The number of likely N-dealkylation sites (tertiary alicyclic amines) is 1. The summed E-state index contributed by atoms with van der Waals surface area (Å²) < 4.78 is 0. The molecule has 1 saturated heterocycles. The molecule has 1 amide bonds. The predicted molar refractivity (Wildman–Crippen MR) is 86.4 cm³/mol. The van der Waals surface area contributed by atoms with Gasteiger partial charge in [-0.2, -0.15) is 0 Å². The Hall–Kier alpha value is -2.52. The van der Waals surface area contributed by atoms with E-state index in [1.54, 1.807) is 0 Å². The normalized spacial score (nSPS) is 17.7. The Morgan fingerprint density at radius 2 is 2.05 bits per heavy atom. The summed E-state index contributed by atoms with van der Waals surface area (Å²) in [6, 6.07) is 14.6. The monoisotopic (exact) mass is 294 g/mol. The highest BCUT2D eigenvalue weighted by molar-refractivity contribution is 5.85. The van der Waals surface area contributed by atoms with Gasteiger partial charge in [-0.05, 0) is 34.2 Å². The fourth-order valence-corrected chi connectivity index (χ4v) is 3.11. The molecule has 3 rings (SSSR count). The number of azide groups is 1. The van der Waals surface area contributed by atoms with Gasteiger partial charge in [0.05, 0.1) is 0 Å². The summed E-state index contributed by atoms with van der Waals surface area (Å²) in [6.45, 7) is 1.83. The summed E-state index contributed by atoms with van der Waals surface area (Å²) in [5, 5.41) is 6.07. The topological polar surface area (TPSA) is 69.1 Å². The Bertz CT molecular complexity index is 731. The SMILES string of the molecule is [N-]=[N+]=NCC1CC(=O)N(CCc2cccc3ccccc23)C1. The largest absolute Gasteiger partial charge is 0.342 e. The van der Waals surface area contributed by atoms with Gasteiger partial charge in [-0.3, -0.25) is 4.79 Å². The zero-order valence-corrected chi connectivity index (χ0v) is 12.4. The Morgan fingerprint density at radius 3 is 2.91 bits per heavy atom. The van der Waals surface area contributed by atoms with Gasteiger partial charge in [-0.1, -0.05) is 47.6 Å².